The lowest BCUT2D eigenvalue weighted by Gasteiger charge is -2.22. The Hall–Kier alpha value is -1.92. The van der Waals surface area contributed by atoms with Gasteiger partial charge in [-0.2, -0.15) is 0 Å². The number of carbonyl (C=O) groups is 2. The maximum atomic E-state index is 12.5. The van der Waals surface area contributed by atoms with E-state index in [1.54, 1.807) is 0 Å². The van der Waals surface area contributed by atoms with Gasteiger partial charge in [0.2, 0.25) is 5.91 Å². The number of nitrogens with one attached hydrogen (secondary N) is 1. The highest BCUT2D eigenvalue weighted by Crippen LogP contribution is 2.18. The number of aliphatic hydroxyl groups excluding tert-OH is 2. The second kappa shape index (κ2) is 66.6. The van der Waals surface area contributed by atoms with E-state index in [9.17, 15) is 19.8 Å². The molecule has 0 aliphatic rings. The Kier molecular flexibility index (Phi) is 64.9. The molecule has 6 nitrogen and oxygen atoms in total. The molecule has 0 radical (unpaired) electrons. The first kappa shape index (κ1) is 75.1. The molecule has 0 aromatic carbocycles. The van der Waals surface area contributed by atoms with Crippen molar-refractivity contribution in [2.24, 2.45) is 0 Å². The van der Waals surface area contributed by atoms with Crippen LogP contribution in [0, 0.1) is 0 Å². The van der Waals surface area contributed by atoms with Crippen LogP contribution in [0.4, 0.5) is 0 Å². The number of carbonyl (C=O) groups excluding carboxylic acids is 2. The highest BCUT2D eigenvalue weighted by Gasteiger charge is 2.20. The first-order chi connectivity index (χ1) is 38.0. The van der Waals surface area contributed by atoms with Gasteiger partial charge in [-0.1, -0.05) is 320 Å². The molecule has 2 atom stereocenters. The largest absolute Gasteiger partial charge is 0.466 e. The van der Waals surface area contributed by atoms with E-state index in [1.165, 1.54) is 295 Å². The number of hydrogen-bond acceptors (Lipinski definition) is 5. The fourth-order valence-corrected chi connectivity index (χ4v) is 10.8. The van der Waals surface area contributed by atoms with Crippen molar-refractivity contribution >= 4 is 11.9 Å². The fourth-order valence-electron chi connectivity index (χ4n) is 10.8. The van der Waals surface area contributed by atoms with Crippen molar-refractivity contribution < 1.29 is 24.5 Å². The van der Waals surface area contributed by atoms with Gasteiger partial charge in [-0.15, -0.1) is 0 Å². The average molecular weight is 1080 g/mol. The van der Waals surface area contributed by atoms with Gasteiger partial charge in [0.05, 0.1) is 25.4 Å². The van der Waals surface area contributed by atoms with Gasteiger partial charge in [0.1, 0.15) is 0 Å². The summed E-state index contributed by atoms with van der Waals surface area (Å²) in [4.78, 5) is 24.6. The van der Waals surface area contributed by atoms with Crippen LogP contribution in [-0.2, 0) is 14.3 Å². The number of unbranched alkanes of at least 4 members (excludes halogenated alkanes) is 48. The van der Waals surface area contributed by atoms with Crippen LogP contribution in [0.3, 0.4) is 0 Å². The van der Waals surface area contributed by atoms with Gasteiger partial charge >= 0.3 is 5.97 Å². The molecule has 3 N–H and O–H groups in total. The molecule has 0 fully saturated rings. The SMILES string of the molecule is CCCCCC/C=C\CCCCCCCC(=O)OCCCCCCCCCCC/C=C\C/C=C\CCCCCCCCCCCCCC(=O)NC(CO)C(O)CCCCCCCCCCCCCCCCCCCCCC. The molecule has 1 amide bonds. The van der Waals surface area contributed by atoms with Crippen LogP contribution >= 0.6 is 0 Å². The van der Waals surface area contributed by atoms with Crippen LogP contribution < -0.4 is 5.32 Å². The molecule has 77 heavy (non-hydrogen) atoms. The quantitative estimate of drug-likeness (QED) is 0.0320. The maximum absolute atomic E-state index is 12.5. The van der Waals surface area contributed by atoms with Crippen molar-refractivity contribution in [2.45, 2.75) is 392 Å². The minimum atomic E-state index is -0.668. The van der Waals surface area contributed by atoms with E-state index < -0.39 is 12.1 Å². The normalized spacial score (nSPS) is 12.7. The topological polar surface area (TPSA) is 95.9 Å². The van der Waals surface area contributed by atoms with Gasteiger partial charge in [-0.25, -0.2) is 0 Å². The van der Waals surface area contributed by atoms with E-state index in [1.807, 2.05) is 0 Å². The summed E-state index contributed by atoms with van der Waals surface area (Å²) in [5, 5.41) is 23.4. The highest BCUT2D eigenvalue weighted by molar-refractivity contribution is 5.76. The van der Waals surface area contributed by atoms with Crippen molar-refractivity contribution in [3.63, 3.8) is 0 Å². The molecule has 0 rings (SSSR count). The third-order valence-corrected chi connectivity index (χ3v) is 16.2. The molecule has 0 heterocycles. The van der Waals surface area contributed by atoms with E-state index in [-0.39, 0.29) is 18.5 Å². The number of allylic oxidation sites excluding steroid dienone is 6. The summed E-state index contributed by atoms with van der Waals surface area (Å²) in [7, 11) is 0. The highest BCUT2D eigenvalue weighted by atomic mass is 16.5. The average Bonchev–Trinajstić information content (AvgIpc) is 3.43. The lowest BCUT2D eigenvalue weighted by atomic mass is 10.0. The predicted octanol–water partition coefficient (Wildman–Crippen LogP) is 22.3. The van der Waals surface area contributed by atoms with Crippen LogP contribution in [0.25, 0.3) is 0 Å². The Morgan fingerprint density at radius 2 is 0.649 bits per heavy atom. The zero-order chi connectivity index (χ0) is 55.7. The van der Waals surface area contributed by atoms with Crippen LogP contribution in [0.5, 0.6) is 0 Å². The minimum Gasteiger partial charge on any atom is -0.466 e. The number of aliphatic hydroxyl groups is 2. The molecule has 6 heteroatoms. The van der Waals surface area contributed by atoms with Gasteiger partial charge in [0, 0.05) is 12.8 Å². The second-order valence-corrected chi connectivity index (χ2v) is 23.9. The standard InChI is InChI=1S/C71H135NO5/c1-3-5-7-9-11-13-15-17-18-19-20-30-33-36-40-43-47-51-55-59-63-69(74)68(67-73)72-70(75)64-60-56-52-48-44-41-37-34-31-28-26-24-22-21-23-25-27-29-32-35-38-42-46-50-54-58-62-66-77-71(76)65-61-57-53-49-45-39-16-14-12-10-8-6-4-2/h14,16,21-22,25,27,68-69,73-74H,3-13,15,17-20,23-24,26,28-67H2,1-2H3,(H,72,75)/b16-14-,22-21-,27-25-. The molecule has 0 saturated carbocycles. The van der Waals surface area contributed by atoms with Crippen LogP contribution in [0.15, 0.2) is 36.5 Å². The monoisotopic (exact) mass is 1080 g/mol. The van der Waals surface area contributed by atoms with E-state index in [0.29, 0.717) is 25.9 Å². The Morgan fingerprint density at radius 1 is 0.364 bits per heavy atom. The van der Waals surface area contributed by atoms with Crippen molar-refractivity contribution in [2.75, 3.05) is 13.2 Å². The van der Waals surface area contributed by atoms with Crippen LogP contribution in [-0.4, -0.2) is 47.4 Å². The zero-order valence-corrected chi connectivity index (χ0v) is 52.0. The third kappa shape index (κ3) is 63.1. The van der Waals surface area contributed by atoms with Gasteiger partial charge in [0.25, 0.3) is 0 Å². The summed E-state index contributed by atoms with van der Waals surface area (Å²) in [6, 6.07) is -0.545. The lowest BCUT2D eigenvalue weighted by molar-refractivity contribution is -0.143. The Bertz CT molecular complexity index is 1250. The molecule has 0 aromatic heterocycles. The van der Waals surface area contributed by atoms with Crippen molar-refractivity contribution in [3.8, 4) is 0 Å². The molecule has 0 aliphatic carbocycles. The van der Waals surface area contributed by atoms with Crippen LogP contribution in [0.2, 0.25) is 0 Å². The van der Waals surface area contributed by atoms with Gasteiger partial charge in [0.15, 0.2) is 0 Å². The molecule has 0 saturated heterocycles. The van der Waals surface area contributed by atoms with E-state index in [0.717, 1.165) is 51.4 Å². The van der Waals surface area contributed by atoms with E-state index >= 15 is 0 Å². The van der Waals surface area contributed by atoms with Gasteiger partial charge < -0.3 is 20.3 Å². The molecular formula is C71H135NO5. The Labute approximate surface area is 481 Å². The fraction of sp³-hybridized carbons (Fsp3) is 0.887. The number of amides is 1. The molecular weight excluding hydrogens is 947 g/mol. The van der Waals surface area contributed by atoms with E-state index in [4.69, 9.17) is 4.74 Å². The molecule has 0 bridgehead atoms. The molecule has 0 spiro atoms. The number of hydrogen-bond donors (Lipinski definition) is 3. The summed E-state index contributed by atoms with van der Waals surface area (Å²) < 4.78 is 5.47. The summed E-state index contributed by atoms with van der Waals surface area (Å²) in [6.45, 7) is 4.96. The molecule has 454 valence electrons. The first-order valence-corrected chi connectivity index (χ1v) is 34.7. The minimum absolute atomic E-state index is 0.00174. The van der Waals surface area contributed by atoms with Crippen molar-refractivity contribution in [1.29, 1.82) is 0 Å². The summed E-state index contributed by atoms with van der Waals surface area (Å²) >= 11 is 0. The number of rotatable bonds is 65. The number of esters is 1. The van der Waals surface area contributed by atoms with Gasteiger partial charge in [-0.3, -0.25) is 9.59 Å². The smallest absolute Gasteiger partial charge is 0.305 e. The number of ether oxygens (including phenoxy) is 1. The first-order valence-electron chi connectivity index (χ1n) is 34.7. The second-order valence-electron chi connectivity index (χ2n) is 23.9. The third-order valence-electron chi connectivity index (χ3n) is 16.2. The Balaban J connectivity index is 3.42. The summed E-state index contributed by atoms with van der Waals surface area (Å²) in [6.07, 6.45) is 84.7. The lowest BCUT2D eigenvalue weighted by Crippen LogP contribution is -2.45. The summed E-state index contributed by atoms with van der Waals surface area (Å²) in [5.41, 5.74) is 0. The predicted molar refractivity (Wildman–Crippen MR) is 338 cm³/mol. The summed E-state index contributed by atoms with van der Waals surface area (Å²) in [5.74, 6) is -0.0329. The maximum Gasteiger partial charge on any atom is 0.305 e. The zero-order valence-electron chi connectivity index (χ0n) is 52.0. The van der Waals surface area contributed by atoms with E-state index in [2.05, 4.69) is 55.6 Å². The van der Waals surface area contributed by atoms with Crippen molar-refractivity contribution in [1.82, 2.24) is 5.32 Å². The van der Waals surface area contributed by atoms with Crippen molar-refractivity contribution in [3.05, 3.63) is 36.5 Å². The molecule has 0 aromatic rings. The van der Waals surface area contributed by atoms with Crippen LogP contribution in [0.1, 0.15) is 380 Å². The molecule has 0 aliphatic heterocycles. The molecule has 2 unspecified atom stereocenters. The Morgan fingerprint density at radius 3 is 1.01 bits per heavy atom. The van der Waals surface area contributed by atoms with Gasteiger partial charge in [-0.05, 0) is 83.5 Å².